The SMILES string of the molecule is CC(=O)OC(C)(CCO)CC1CCCCC1. The molecule has 1 fully saturated rings. The highest BCUT2D eigenvalue weighted by Crippen LogP contribution is 2.33. The maximum absolute atomic E-state index is 11.1. The third-order valence-electron chi connectivity index (χ3n) is 3.48. The van der Waals surface area contributed by atoms with Gasteiger partial charge in [0.15, 0.2) is 0 Å². The first kappa shape index (κ1) is 13.5. The summed E-state index contributed by atoms with van der Waals surface area (Å²) in [5.74, 6) is 0.413. The summed E-state index contributed by atoms with van der Waals surface area (Å²) < 4.78 is 5.38. The largest absolute Gasteiger partial charge is 0.459 e. The topological polar surface area (TPSA) is 46.5 Å². The van der Waals surface area contributed by atoms with Gasteiger partial charge in [-0.1, -0.05) is 32.1 Å². The van der Waals surface area contributed by atoms with E-state index in [0.29, 0.717) is 12.3 Å². The third-order valence-corrected chi connectivity index (χ3v) is 3.48. The highest BCUT2D eigenvalue weighted by atomic mass is 16.6. The molecule has 1 atom stereocenters. The first-order valence-electron chi connectivity index (χ1n) is 6.36. The number of carbonyl (C=O) groups is 1. The van der Waals surface area contributed by atoms with E-state index in [0.717, 1.165) is 6.42 Å². The van der Waals surface area contributed by atoms with Crippen molar-refractivity contribution in [2.75, 3.05) is 6.61 Å². The maximum Gasteiger partial charge on any atom is 0.303 e. The van der Waals surface area contributed by atoms with Crippen LogP contribution in [0.5, 0.6) is 0 Å². The fourth-order valence-corrected chi connectivity index (χ4v) is 2.78. The van der Waals surface area contributed by atoms with Crippen LogP contribution in [0.3, 0.4) is 0 Å². The van der Waals surface area contributed by atoms with E-state index in [4.69, 9.17) is 9.84 Å². The first-order chi connectivity index (χ1) is 7.56. The highest BCUT2D eigenvalue weighted by Gasteiger charge is 2.31. The maximum atomic E-state index is 11.1. The van der Waals surface area contributed by atoms with Gasteiger partial charge < -0.3 is 9.84 Å². The summed E-state index contributed by atoms with van der Waals surface area (Å²) in [7, 11) is 0. The molecule has 94 valence electrons. The van der Waals surface area contributed by atoms with Crippen molar-refractivity contribution in [2.45, 2.75) is 64.4 Å². The Morgan fingerprint density at radius 2 is 2.00 bits per heavy atom. The first-order valence-corrected chi connectivity index (χ1v) is 6.36. The standard InChI is InChI=1S/C13H24O3/c1-11(15)16-13(2,8-9-14)10-12-6-4-3-5-7-12/h12,14H,3-10H2,1-2H3. The van der Waals surface area contributed by atoms with Crippen molar-refractivity contribution in [3.8, 4) is 0 Å². The van der Waals surface area contributed by atoms with Crippen molar-refractivity contribution < 1.29 is 14.6 Å². The van der Waals surface area contributed by atoms with Gasteiger partial charge in [0.25, 0.3) is 0 Å². The van der Waals surface area contributed by atoms with Gasteiger partial charge in [0.1, 0.15) is 5.60 Å². The Morgan fingerprint density at radius 1 is 1.38 bits per heavy atom. The number of ether oxygens (including phenoxy) is 1. The van der Waals surface area contributed by atoms with Gasteiger partial charge in [0, 0.05) is 20.0 Å². The van der Waals surface area contributed by atoms with E-state index in [2.05, 4.69) is 0 Å². The second-order valence-electron chi connectivity index (χ2n) is 5.23. The summed E-state index contributed by atoms with van der Waals surface area (Å²) in [6.07, 6.45) is 7.83. The molecule has 1 N–H and O–H groups in total. The number of esters is 1. The van der Waals surface area contributed by atoms with Gasteiger partial charge in [-0.25, -0.2) is 0 Å². The molecule has 0 heterocycles. The predicted molar refractivity (Wildman–Crippen MR) is 63.1 cm³/mol. The average Bonchev–Trinajstić information content (AvgIpc) is 2.17. The zero-order valence-corrected chi connectivity index (χ0v) is 10.5. The van der Waals surface area contributed by atoms with Crippen molar-refractivity contribution in [1.82, 2.24) is 0 Å². The van der Waals surface area contributed by atoms with Crippen LogP contribution in [0.4, 0.5) is 0 Å². The summed E-state index contributed by atoms with van der Waals surface area (Å²) in [6.45, 7) is 3.46. The van der Waals surface area contributed by atoms with Crippen molar-refractivity contribution >= 4 is 5.97 Å². The van der Waals surface area contributed by atoms with Gasteiger partial charge in [0.05, 0.1) is 0 Å². The van der Waals surface area contributed by atoms with Gasteiger partial charge in [0.2, 0.25) is 0 Å². The van der Waals surface area contributed by atoms with Crippen molar-refractivity contribution in [1.29, 1.82) is 0 Å². The minimum Gasteiger partial charge on any atom is -0.459 e. The van der Waals surface area contributed by atoms with E-state index in [1.54, 1.807) is 0 Å². The van der Waals surface area contributed by atoms with Crippen molar-refractivity contribution in [3.63, 3.8) is 0 Å². The summed E-state index contributed by atoms with van der Waals surface area (Å²) in [5, 5.41) is 9.05. The number of hydrogen-bond donors (Lipinski definition) is 1. The molecule has 0 spiro atoms. The van der Waals surface area contributed by atoms with Crippen LogP contribution in [0.2, 0.25) is 0 Å². The molecule has 3 nitrogen and oxygen atoms in total. The molecule has 1 aliphatic carbocycles. The van der Waals surface area contributed by atoms with Gasteiger partial charge in [-0.05, 0) is 19.3 Å². The molecule has 0 aromatic carbocycles. The lowest BCUT2D eigenvalue weighted by Crippen LogP contribution is -2.35. The number of hydrogen-bond acceptors (Lipinski definition) is 3. The monoisotopic (exact) mass is 228 g/mol. The van der Waals surface area contributed by atoms with Crippen LogP contribution in [-0.4, -0.2) is 23.3 Å². The summed E-state index contributed by atoms with van der Waals surface area (Å²) in [6, 6.07) is 0. The zero-order valence-electron chi connectivity index (χ0n) is 10.5. The lowest BCUT2D eigenvalue weighted by Gasteiger charge is -2.34. The Bertz CT molecular complexity index is 221. The van der Waals surface area contributed by atoms with Gasteiger partial charge in [-0.15, -0.1) is 0 Å². The summed E-state index contributed by atoms with van der Waals surface area (Å²) in [5.41, 5.74) is -0.470. The molecule has 1 unspecified atom stereocenters. The van der Waals surface area contributed by atoms with E-state index in [-0.39, 0.29) is 12.6 Å². The smallest absolute Gasteiger partial charge is 0.303 e. The van der Waals surface area contributed by atoms with Crippen LogP contribution >= 0.6 is 0 Å². The lowest BCUT2D eigenvalue weighted by molar-refractivity contribution is -0.158. The Hall–Kier alpha value is -0.570. The van der Waals surface area contributed by atoms with Gasteiger partial charge in [-0.2, -0.15) is 0 Å². The van der Waals surface area contributed by atoms with Gasteiger partial charge >= 0.3 is 5.97 Å². The zero-order chi connectivity index (χ0) is 12.0. The van der Waals surface area contributed by atoms with Crippen molar-refractivity contribution in [2.24, 2.45) is 5.92 Å². The minimum absolute atomic E-state index is 0.0799. The Labute approximate surface area is 98.2 Å². The normalized spacial score (nSPS) is 21.4. The molecule has 16 heavy (non-hydrogen) atoms. The molecule has 0 saturated heterocycles. The Morgan fingerprint density at radius 3 is 2.50 bits per heavy atom. The van der Waals surface area contributed by atoms with E-state index in [9.17, 15) is 4.79 Å². The second-order valence-corrected chi connectivity index (χ2v) is 5.23. The number of rotatable bonds is 5. The molecule has 3 heteroatoms. The number of aliphatic hydroxyl groups excluding tert-OH is 1. The molecule has 0 aliphatic heterocycles. The van der Waals surface area contributed by atoms with Gasteiger partial charge in [-0.3, -0.25) is 4.79 Å². The molecule has 0 radical (unpaired) electrons. The van der Waals surface area contributed by atoms with E-state index >= 15 is 0 Å². The summed E-state index contributed by atoms with van der Waals surface area (Å²) >= 11 is 0. The molecule has 0 aromatic rings. The van der Waals surface area contributed by atoms with E-state index in [1.807, 2.05) is 6.92 Å². The van der Waals surface area contributed by atoms with Crippen LogP contribution in [-0.2, 0) is 9.53 Å². The van der Waals surface area contributed by atoms with Crippen molar-refractivity contribution in [3.05, 3.63) is 0 Å². The minimum atomic E-state index is -0.470. The fourth-order valence-electron chi connectivity index (χ4n) is 2.78. The molecule has 1 rings (SSSR count). The Kier molecular flexibility index (Phi) is 5.26. The Balaban J connectivity index is 2.50. The van der Waals surface area contributed by atoms with Crippen LogP contribution in [0, 0.1) is 5.92 Å². The highest BCUT2D eigenvalue weighted by molar-refractivity contribution is 5.66. The molecule has 0 bridgehead atoms. The molecular weight excluding hydrogens is 204 g/mol. The molecular formula is C13H24O3. The quantitative estimate of drug-likeness (QED) is 0.736. The van der Waals surface area contributed by atoms with Crippen LogP contribution in [0.15, 0.2) is 0 Å². The fraction of sp³-hybridized carbons (Fsp3) is 0.923. The van der Waals surface area contributed by atoms with E-state index < -0.39 is 5.60 Å². The number of aliphatic hydroxyl groups is 1. The molecule has 0 aromatic heterocycles. The van der Waals surface area contributed by atoms with Crippen LogP contribution in [0.1, 0.15) is 58.8 Å². The predicted octanol–water partition coefficient (Wildman–Crippen LogP) is 2.66. The number of carbonyl (C=O) groups excluding carboxylic acids is 1. The molecule has 1 aliphatic rings. The average molecular weight is 228 g/mol. The molecule has 1 saturated carbocycles. The van der Waals surface area contributed by atoms with Crippen LogP contribution < -0.4 is 0 Å². The summed E-state index contributed by atoms with van der Waals surface area (Å²) in [4.78, 5) is 11.1. The second kappa shape index (κ2) is 6.24. The van der Waals surface area contributed by atoms with Crippen LogP contribution in [0.25, 0.3) is 0 Å². The molecule has 0 amide bonds. The lowest BCUT2D eigenvalue weighted by atomic mass is 9.80. The third kappa shape index (κ3) is 4.52. The van der Waals surface area contributed by atoms with E-state index in [1.165, 1.54) is 39.0 Å².